The van der Waals surface area contributed by atoms with E-state index in [0.717, 1.165) is 6.07 Å². The average molecular weight is 290 g/mol. The molecule has 0 heterocycles. The molecule has 0 saturated heterocycles. The van der Waals surface area contributed by atoms with Gasteiger partial charge in [0, 0.05) is 5.56 Å². The van der Waals surface area contributed by atoms with E-state index >= 15 is 0 Å². The van der Waals surface area contributed by atoms with Crippen molar-refractivity contribution >= 4 is 11.9 Å². The SMILES string of the molecule is Cc1c(F)cc(C(=O)OC(=O)c2ccccc2)c(C)c1F. The van der Waals surface area contributed by atoms with Gasteiger partial charge in [0.2, 0.25) is 0 Å². The highest BCUT2D eigenvalue weighted by Gasteiger charge is 2.21. The first-order chi connectivity index (χ1) is 9.91. The molecule has 2 rings (SSSR count). The fraction of sp³-hybridized carbons (Fsp3) is 0.125. The zero-order chi connectivity index (χ0) is 15.6. The maximum Gasteiger partial charge on any atom is 0.346 e. The fourth-order valence-electron chi connectivity index (χ4n) is 1.83. The van der Waals surface area contributed by atoms with Crippen molar-refractivity contribution in [3.05, 3.63) is 70.3 Å². The van der Waals surface area contributed by atoms with E-state index < -0.39 is 23.6 Å². The van der Waals surface area contributed by atoms with Gasteiger partial charge in [0.1, 0.15) is 11.6 Å². The standard InChI is InChI=1S/C16H12F2O3/c1-9-12(8-13(17)10(2)14(9)18)16(20)21-15(19)11-6-4-3-5-7-11/h3-8H,1-2H3. The predicted molar refractivity (Wildman–Crippen MR) is 72.0 cm³/mol. The van der Waals surface area contributed by atoms with Gasteiger partial charge in [-0.25, -0.2) is 18.4 Å². The number of hydrogen-bond acceptors (Lipinski definition) is 3. The lowest BCUT2D eigenvalue weighted by Gasteiger charge is -2.09. The third kappa shape index (κ3) is 2.97. The van der Waals surface area contributed by atoms with Crippen molar-refractivity contribution < 1.29 is 23.1 Å². The molecule has 0 atom stereocenters. The normalized spacial score (nSPS) is 10.3. The molecule has 21 heavy (non-hydrogen) atoms. The molecule has 5 heteroatoms. The minimum absolute atomic E-state index is 0.0558. The minimum Gasteiger partial charge on any atom is -0.386 e. The molecule has 0 aliphatic rings. The van der Waals surface area contributed by atoms with Crippen LogP contribution in [0.4, 0.5) is 8.78 Å². The molecule has 0 fully saturated rings. The number of hydrogen-bond donors (Lipinski definition) is 0. The van der Waals surface area contributed by atoms with Crippen LogP contribution in [0.5, 0.6) is 0 Å². The van der Waals surface area contributed by atoms with Crippen LogP contribution in [0.2, 0.25) is 0 Å². The zero-order valence-corrected chi connectivity index (χ0v) is 11.4. The van der Waals surface area contributed by atoms with Gasteiger partial charge in [0.05, 0.1) is 11.1 Å². The first kappa shape index (κ1) is 14.8. The highest BCUT2D eigenvalue weighted by Crippen LogP contribution is 2.21. The smallest absolute Gasteiger partial charge is 0.346 e. The van der Waals surface area contributed by atoms with Crippen molar-refractivity contribution in [3.8, 4) is 0 Å². The van der Waals surface area contributed by atoms with E-state index in [2.05, 4.69) is 4.74 Å². The van der Waals surface area contributed by atoms with Crippen molar-refractivity contribution in [2.75, 3.05) is 0 Å². The summed E-state index contributed by atoms with van der Waals surface area (Å²) in [4.78, 5) is 23.6. The Bertz CT molecular complexity index is 709. The molecule has 0 saturated carbocycles. The molecule has 0 unspecified atom stereocenters. The van der Waals surface area contributed by atoms with Crippen LogP contribution >= 0.6 is 0 Å². The lowest BCUT2D eigenvalue weighted by Crippen LogP contribution is -2.15. The maximum absolute atomic E-state index is 13.7. The number of carbonyl (C=O) groups excluding carboxylic acids is 2. The number of carbonyl (C=O) groups is 2. The summed E-state index contributed by atoms with van der Waals surface area (Å²) in [6.07, 6.45) is 0. The van der Waals surface area contributed by atoms with Crippen molar-refractivity contribution in [2.45, 2.75) is 13.8 Å². The molecule has 0 N–H and O–H groups in total. The van der Waals surface area contributed by atoms with E-state index in [9.17, 15) is 18.4 Å². The largest absolute Gasteiger partial charge is 0.386 e. The summed E-state index contributed by atoms with van der Waals surface area (Å²) in [6.45, 7) is 2.59. The second kappa shape index (κ2) is 5.83. The Kier molecular flexibility index (Phi) is 4.12. The van der Waals surface area contributed by atoms with Crippen molar-refractivity contribution in [1.29, 1.82) is 0 Å². The van der Waals surface area contributed by atoms with Gasteiger partial charge in [-0.15, -0.1) is 0 Å². The molecule has 2 aromatic rings. The Morgan fingerprint density at radius 1 is 0.952 bits per heavy atom. The number of ether oxygens (including phenoxy) is 1. The van der Waals surface area contributed by atoms with Gasteiger partial charge in [0.25, 0.3) is 0 Å². The Labute approximate surface area is 120 Å². The van der Waals surface area contributed by atoms with Gasteiger partial charge in [-0.1, -0.05) is 18.2 Å². The molecule has 2 aromatic carbocycles. The number of rotatable bonds is 2. The molecule has 108 valence electrons. The predicted octanol–water partition coefficient (Wildman–Crippen LogP) is 3.58. The van der Waals surface area contributed by atoms with Crippen LogP contribution in [0.1, 0.15) is 31.8 Å². The quantitative estimate of drug-likeness (QED) is 0.627. The zero-order valence-electron chi connectivity index (χ0n) is 11.4. The van der Waals surface area contributed by atoms with E-state index in [1.807, 2.05) is 0 Å². The summed E-state index contributed by atoms with van der Waals surface area (Å²) < 4.78 is 31.9. The summed E-state index contributed by atoms with van der Waals surface area (Å²) in [5.41, 5.74) is -0.366. The van der Waals surface area contributed by atoms with Crippen LogP contribution in [0.25, 0.3) is 0 Å². The second-order valence-electron chi connectivity index (χ2n) is 4.51. The van der Waals surface area contributed by atoms with E-state index in [-0.39, 0.29) is 22.3 Å². The third-order valence-corrected chi connectivity index (χ3v) is 3.11. The molecule has 0 aliphatic carbocycles. The van der Waals surface area contributed by atoms with Crippen molar-refractivity contribution in [1.82, 2.24) is 0 Å². The Hall–Kier alpha value is -2.56. The van der Waals surface area contributed by atoms with Gasteiger partial charge in [-0.2, -0.15) is 0 Å². The van der Waals surface area contributed by atoms with Crippen LogP contribution in [0.15, 0.2) is 36.4 Å². The van der Waals surface area contributed by atoms with E-state index in [1.54, 1.807) is 18.2 Å². The maximum atomic E-state index is 13.7. The minimum atomic E-state index is -1.08. The number of benzene rings is 2. The molecule has 0 spiro atoms. The fourth-order valence-corrected chi connectivity index (χ4v) is 1.83. The Balaban J connectivity index is 2.28. The molecular weight excluding hydrogens is 278 g/mol. The van der Waals surface area contributed by atoms with Crippen LogP contribution in [-0.4, -0.2) is 11.9 Å². The first-order valence-electron chi connectivity index (χ1n) is 6.18. The van der Waals surface area contributed by atoms with Gasteiger partial charge in [-0.3, -0.25) is 0 Å². The average Bonchev–Trinajstić information content (AvgIpc) is 2.49. The van der Waals surface area contributed by atoms with E-state index in [1.165, 1.54) is 26.0 Å². The van der Waals surface area contributed by atoms with Gasteiger partial charge in [0.15, 0.2) is 0 Å². The molecule has 0 radical (unpaired) electrons. The van der Waals surface area contributed by atoms with E-state index in [4.69, 9.17) is 0 Å². The van der Waals surface area contributed by atoms with E-state index in [0.29, 0.717) is 0 Å². The van der Waals surface area contributed by atoms with Gasteiger partial charge in [-0.05, 0) is 37.6 Å². The molecular formula is C16H12F2O3. The summed E-state index contributed by atoms with van der Waals surface area (Å²) in [6, 6.07) is 8.73. The summed E-state index contributed by atoms with van der Waals surface area (Å²) in [7, 11) is 0. The highest BCUT2D eigenvalue weighted by molar-refractivity contribution is 6.03. The Morgan fingerprint density at radius 2 is 1.57 bits per heavy atom. The molecule has 0 bridgehead atoms. The first-order valence-corrected chi connectivity index (χ1v) is 6.18. The summed E-state index contributed by atoms with van der Waals surface area (Å²) in [5.74, 6) is -3.65. The van der Waals surface area contributed by atoms with Crippen molar-refractivity contribution in [2.24, 2.45) is 0 Å². The van der Waals surface area contributed by atoms with Gasteiger partial charge < -0.3 is 4.74 Å². The number of halogens is 2. The van der Waals surface area contributed by atoms with Crippen LogP contribution in [-0.2, 0) is 4.74 Å². The van der Waals surface area contributed by atoms with Gasteiger partial charge >= 0.3 is 11.9 Å². The molecule has 0 aromatic heterocycles. The second-order valence-corrected chi connectivity index (χ2v) is 4.51. The summed E-state index contributed by atoms with van der Waals surface area (Å²) >= 11 is 0. The lowest BCUT2D eigenvalue weighted by atomic mass is 10.0. The monoisotopic (exact) mass is 290 g/mol. The van der Waals surface area contributed by atoms with Crippen LogP contribution < -0.4 is 0 Å². The van der Waals surface area contributed by atoms with Crippen molar-refractivity contribution in [3.63, 3.8) is 0 Å². The highest BCUT2D eigenvalue weighted by atomic mass is 19.1. The number of esters is 2. The molecule has 0 amide bonds. The topological polar surface area (TPSA) is 43.4 Å². The Morgan fingerprint density at radius 3 is 2.19 bits per heavy atom. The molecule has 3 nitrogen and oxygen atoms in total. The van der Waals surface area contributed by atoms with Crippen LogP contribution in [0.3, 0.4) is 0 Å². The summed E-state index contributed by atoms with van der Waals surface area (Å²) in [5, 5.41) is 0. The third-order valence-electron chi connectivity index (χ3n) is 3.11. The molecule has 0 aliphatic heterocycles. The lowest BCUT2D eigenvalue weighted by molar-refractivity contribution is 0.0396. The van der Waals surface area contributed by atoms with Crippen LogP contribution in [0, 0.1) is 25.5 Å².